The fourth-order valence-corrected chi connectivity index (χ4v) is 6.10. The number of thiazole rings is 1. The Morgan fingerprint density at radius 1 is 1.18 bits per heavy atom. The highest BCUT2D eigenvalue weighted by atomic mass is 32.1. The number of benzene rings is 2. The number of aromatic nitrogens is 1. The van der Waals surface area contributed by atoms with Crippen LogP contribution in [0.2, 0.25) is 0 Å². The van der Waals surface area contributed by atoms with Gasteiger partial charge in [0.05, 0.1) is 18.2 Å². The highest BCUT2D eigenvalue weighted by Crippen LogP contribution is 2.44. The molecule has 0 fully saturated rings. The van der Waals surface area contributed by atoms with E-state index in [0.29, 0.717) is 68.4 Å². The van der Waals surface area contributed by atoms with Gasteiger partial charge in [-0.1, -0.05) is 24.3 Å². The first-order valence-electron chi connectivity index (χ1n) is 15.0. The minimum atomic E-state index is -0.790. The number of aryl methyl sites for hydroxylation is 1. The number of ether oxygens (including phenoxy) is 2. The van der Waals surface area contributed by atoms with E-state index < -0.39 is 23.7 Å². The van der Waals surface area contributed by atoms with E-state index in [9.17, 15) is 24.6 Å². The van der Waals surface area contributed by atoms with E-state index in [-0.39, 0.29) is 35.0 Å². The molecule has 4 rings (SSSR count). The molecule has 2 unspecified atom stereocenters. The first-order chi connectivity index (χ1) is 21.2. The zero-order valence-corrected chi connectivity index (χ0v) is 26.2. The van der Waals surface area contributed by atoms with Gasteiger partial charge in [-0.2, -0.15) is 0 Å². The molecule has 0 aliphatic carbocycles. The molecule has 234 valence electrons. The number of amides is 1. The molecule has 1 aromatic heterocycles. The van der Waals surface area contributed by atoms with Crippen LogP contribution in [0.4, 0.5) is 0 Å². The number of Topliss-reactive ketones (excluding diaryl/α,β-unsaturated/α-hetero) is 1. The Morgan fingerprint density at radius 3 is 2.64 bits per heavy atom. The second-order valence-corrected chi connectivity index (χ2v) is 12.0. The number of rotatable bonds is 8. The van der Waals surface area contributed by atoms with Crippen molar-refractivity contribution in [2.24, 2.45) is 0 Å². The number of fused-ring (bicyclic) bond motifs is 1. The van der Waals surface area contributed by atoms with Crippen LogP contribution in [0.5, 0.6) is 17.2 Å². The standard InChI is InChI=1S/C34H40N2O7S/c1-21-20-44-30(36-21)16-17-35-29(39)19-27(23-12-14-26(42-3)15-13-23)32-28(38)18-24-9-5-4-6-10-25(37)11-7-8-22(2)43-34(41)31(24)33(32)40/h5,9,12-15,18,20,22,27,38,40H,4,6-8,10-11,16-17,19H2,1-3H3,(H,35,39). The first-order valence-corrected chi connectivity index (χ1v) is 15.8. The van der Waals surface area contributed by atoms with E-state index in [1.807, 2.05) is 18.4 Å². The van der Waals surface area contributed by atoms with Gasteiger partial charge in [0.2, 0.25) is 5.91 Å². The number of ketones is 1. The molecule has 2 atom stereocenters. The van der Waals surface area contributed by atoms with Crippen LogP contribution in [-0.4, -0.2) is 52.6 Å². The maximum atomic E-state index is 13.5. The van der Waals surface area contributed by atoms with Crippen LogP contribution in [-0.2, 0) is 20.7 Å². The van der Waals surface area contributed by atoms with E-state index in [4.69, 9.17) is 9.47 Å². The number of esters is 1. The second kappa shape index (κ2) is 15.5. The average Bonchev–Trinajstić information content (AvgIpc) is 3.40. The van der Waals surface area contributed by atoms with Crippen LogP contribution >= 0.6 is 11.3 Å². The smallest absolute Gasteiger partial charge is 0.342 e. The van der Waals surface area contributed by atoms with Crippen LogP contribution in [0, 0.1) is 6.92 Å². The molecule has 0 bridgehead atoms. The van der Waals surface area contributed by atoms with Crippen molar-refractivity contribution >= 4 is 35.1 Å². The number of hydrogen-bond donors (Lipinski definition) is 3. The monoisotopic (exact) mass is 620 g/mol. The van der Waals surface area contributed by atoms with E-state index >= 15 is 0 Å². The normalized spacial score (nSPS) is 16.8. The van der Waals surface area contributed by atoms with Crippen molar-refractivity contribution < 1.29 is 34.1 Å². The minimum absolute atomic E-state index is 0.0596. The molecule has 1 amide bonds. The largest absolute Gasteiger partial charge is 0.507 e. The molecular weight excluding hydrogens is 580 g/mol. The highest BCUT2D eigenvalue weighted by molar-refractivity contribution is 7.09. The summed E-state index contributed by atoms with van der Waals surface area (Å²) in [6.07, 6.45) is 6.71. The Balaban J connectivity index is 1.70. The van der Waals surface area contributed by atoms with Crippen molar-refractivity contribution in [1.82, 2.24) is 10.3 Å². The van der Waals surface area contributed by atoms with Gasteiger partial charge in [-0.25, -0.2) is 9.78 Å². The van der Waals surface area contributed by atoms with E-state index in [1.54, 1.807) is 44.4 Å². The molecule has 10 heteroatoms. The van der Waals surface area contributed by atoms with Gasteiger partial charge in [-0.05, 0) is 68.9 Å². The first kappa shape index (κ1) is 32.7. The topological polar surface area (TPSA) is 135 Å². The number of allylic oxidation sites excluding steroid dienone is 1. The van der Waals surface area contributed by atoms with Gasteiger partial charge in [-0.15, -0.1) is 11.3 Å². The molecule has 2 heterocycles. The van der Waals surface area contributed by atoms with Gasteiger partial charge < -0.3 is 25.0 Å². The summed E-state index contributed by atoms with van der Waals surface area (Å²) in [6, 6.07) is 8.43. The molecule has 9 nitrogen and oxygen atoms in total. The van der Waals surface area contributed by atoms with Gasteiger partial charge in [0.25, 0.3) is 0 Å². The number of aromatic hydroxyl groups is 2. The fraction of sp³-hybridized carbons (Fsp3) is 0.412. The van der Waals surface area contributed by atoms with Crippen LogP contribution < -0.4 is 10.1 Å². The number of nitrogens with one attached hydrogen (secondary N) is 1. The maximum Gasteiger partial charge on any atom is 0.342 e. The number of carbonyl (C=O) groups is 3. The lowest BCUT2D eigenvalue weighted by Gasteiger charge is -2.23. The quantitative estimate of drug-likeness (QED) is 0.252. The SMILES string of the molecule is COc1ccc(C(CC(=O)NCCc2nc(C)cs2)c2c(O)cc3c(c2O)C(=O)OC(C)CCCC(=O)CCCC=C3)cc1. The lowest BCUT2D eigenvalue weighted by Crippen LogP contribution is -2.27. The summed E-state index contributed by atoms with van der Waals surface area (Å²) in [5, 5.41) is 28.8. The third-order valence-electron chi connectivity index (χ3n) is 7.63. The van der Waals surface area contributed by atoms with Gasteiger partial charge in [-0.3, -0.25) is 9.59 Å². The zero-order chi connectivity index (χ0) is 31.6. The molecule has 44 heavy (non-hydrogen) atoms. The van der Waals surface area contributed by atoms with Crippen molar-refractivity contribution in [3.05, 3.63) is 74.7 Å². The summed E-state index contributed by atoms with van der Waals surface area (Å²) in [5.41, 5.74) is 1.85. The molecule has 3 aromatic rings. The molecule has 0 saturated carbocycles. The summed E-state index contributed by atoms with van der Waals surface area (Å²) in [7, 11) is 1.55. The number of methoxy groups -OCH3 is 1. The summed E-state index contributed by atoms with van der Waals surface area (Å²) in [4.78, 5) is 43.3. The summed E-state index contributed by atoms with van der Waals surface area (Å²) < 4.78 is 11.0. The third-order valence-corrected chi connectivity index (χ3v) is 8.66. The lowest BCUT2D eigenvalue weighted by atomic mass is 9.84. The van der Waals surface area contributed by atoms with Crippen LogP contribution in [0.3, 0.4) is 0 Å². The number of cyclic esters (lactones) is 1. The summed E-state index contributed by atoms with van der Waals surface area (Å²) in [6.45, 7) is 4.05. The second-order valence-electron chi connectivity index (χ2n) is 11.1. The predicted octanol–water partition coefficient (Wildman–Crippen LogP) is 6.23. The minimum Gasteiger partial charge on any atom is -0.507 e. The molecule has 1 aliphatic rings. The molecular formula is C34H40N2O7S. The number of nitrogens with zero attached hydrogens (tertiary/aromatic N) is 1. The summed E-state index contributed by atoms with van der Waals surface area (Å²) >= 11 is 1.54. The van der Waals surface area contributed by atoms with E-state index in [1.165, 1.54) is 17.4 Å². The predicted molar refractivity (Wildman–Crippen MR) is 169 cm³/mol. The van der Waals surface area contributed by atoms with Crippen molar-refractivity contribution in [2.45, 2.75) is 77.2 Å². The Bertz CT molecular complexity index is 1500. The van der Waals surface area contributed by atoms with Gasteiger partial charge in [0.15, 0.2) is 0 Å². The molecule has 0 spiro atoms. The lowest BCUT2D eigenvalue weighted by molar-refractivity contribution is -0.121. The maximum absolute atomic E-state index is 13.5. The van der Waals surface area contributed by atoms with Crippen LogP contribution in [0.1, 0.15) is 95.5 Å². The Labute approximate surface area is 261 Å². The molecule has 2 aromatic carbocycles. The van der Waals surface area contributed by atoms with Crippen molar-refractivity contribution in [3.8, 4) is 17.2 Å². The Kier molecular flexibility index (Phi) is 11.5. The molecule has 1 aliphatic heterocycles. The van der Waals surface area contributed by atoms with Crippen molar-refractivity contribution in [1.29, 1.82) is 0 Å². The molecule has 0 saturated heterocycles. The van der Waals surface area contributed by atoms with Crippen molar-refractivity contribution in [3.63, 3.8) is 0 Å². The van der Waals surface area contributed by atoms with Crippen LogP contribution in [0.25, 0.3) is 6.08 Å². The molecule has 0 radical (unpaired) electrons. The van der Waals surface area contributed by atoms with Gasteiger partial charge >= 0.3 is 5.97 Å². The third kappa shape index (κ3) is 8.69. The zero-order valence-electron chi connectivity index (χ0n) is 25.4. The summed E-state index contributed by atoms with van der Waals surface area (Å²) in [5.74, 6) is -1.72. The number of hydrogen-bond acceptors (Lipinski definition) is 9. The highest BCUT2D eigenvalue weighted by Gasteiger charge is 2.31. The number of carbonyl (C=O) groups excluding carboxylic acids is 3. The van der Waals surface area contributed by atoms with Crippen LogP contribution in [0.15, 0.2) is 41.8 Å². The number of phenols is 2. The van der Waals surface area contributed by atoms with Gasteiger partial charge in [0.1, 0.15) is 28.6 Å². The van der Waals surface area contributed by atoms with E-state index in [0.717, 1.165) is 10.7 Å². The van der Waals surface area contributed by atoms with E-state index in [2.05, 4.69) is 10.3 Å². The fourth-order valence-electron chi connectivity index (χ4n) is 5.33. The van der Waals surface area contributed by atoms with Crippen molar-refractivity contribution in [2.75, 3.05) is 13.7 Å². The average molecular weight is 621 g/mol. The molecule has 3 N–H and O–H groups in total. The number of phenolic OH excluding ortho intramolecular Hbond substituents is 2. The Morgan fingerprint density at radius 2 is 1.93 bits per heavy atom. The van der Waals surface area contributed by atoms with Gasteiger partial charge in [0, 0.05) is 54.8 Å². The Hall–Kier alpha value is -4.18.